The molecule has 0 aliphatic carbocycles. The molecule has 2 N–H and O–H groups in total. The standard InChI is InChI=1S/C14H25N3S/c1-9(15)13-5-7-17(8-6-13)10(2)14-11(3)18-12(4)16-14/h9-10,13H,5-8,15H2,1-4H3. The number of aromatic nitrogens is 1. The first kappa shape index (κ1) is 14.0. The van der Waals surface area contributed by atoms with Crippen molar-refractivity contribution in [2.45, 2.75) is 52.6 Å². The van der Waals surface area contributed by atoms with Crippen molar-refractivity contribution in [3.8, 4) is 0 Å². The van der Waals surface area contributed by atoms with Gasteiger partial charge in [-0.2, -0.15) is 0 Å². The Labute approximate surface area is 114 Å². The largest absolute Gasteiger partial charge is 0.328 e. The van der Waals surface area contributed by atoms with Crippen molar-refractivity contribution < 1.29 is 0 Å². The number of hydrogen-bond donors (Lipinski definition) is 1. The van der Waals surface area contributed by atoms with E-state index in [0.29, 0.717) is 18.0 Å². The molecule has 1 aliphatic heterocycles. The summed E-state index contributed by atoms with van der Waals surface area (Å²) in [5.41, 5.74) is 7.27. The van der Waals surface area contributed by atoms with E-state index >= 15 is 0 Å². The van der Waals surface area contributed by atoms with E-state index in [2.05, 4.69) is 32.6 Å². The van der Waals surface area contributed by atoms with Crippen LogP contribution in [-0.2, 0) is 0 Å². The maximum atomic E-state index is 6.00. The molecule has 1 fully saturated rings. The van der Waals surface area contributed by atoms with Crippen molar-refractivity contribution in [2.24, 2.45) is 11.7 Å². The molecule has 18 heavy (non-hydrogen) atoms. The van der Waals surface area contributed by atoms with Gasteiger partial charge in [0.2, 0.25) is 0 Å². The van der Waals surface area contributed by atoms with Gasteiger partial charge >= 0.3 is 0 Å². The molecule has 0 saturated carbocycles. The van der Waals surface area contributed by atoms with Crippen LogP contribution >= 0.6 is 11.3 Å². The lowest BCUT2D eigenvalue weighted by Gasteiger charge is -2.37. The zero-order chi connectivity index (χ0) is 13.3. The molecular weight excluding hydrogens is 242 g/mol. The Morgan fingerprint density at radius 3 is 2.33 bits per heavy atom. The van der Waals surface area contributed by atoms with E-state index in [-0.39, 0.29) is 0 Å². The SMILES string of the molecule is Cc1nc(C(C)N2CCC(C(C)N)CC2)c(C)s1. The second-order valence-corrected chi connectivity index (χ2v) is 6.99. The normalized spacial score (nSPS) is 22.1. The molecule has 1 aromatic heterocycles. The van der Waals surface area contributed by atoms with Crippen molar-refractivity contribution in [1.29, 1.82) is 0 Å². The molecule has 1 aliphatic rings. The molecule has 1 saturated heterocycles. The van der Waals surface area contributed by atoms with Gasteiger partial charge in [-0.05, 0) is 59.5 Å². The van der Waals surface area contributed by atoms with Crippen molar-refractivity contribution in [3.05, 3.63) is 15.6 Å². The number of hydrogen-bond acceptors (Lipinski definition) is 4. The van der Waals surface area contributed by atoms with E-state index in [4.69, 9.17) is 10.7 Å². The maximum Gasteiger partial charge on any atom is 0.0900 e. The van der Waals surface area contributed by atoms with Gasteiger partial charge < -0.3 is 5.73 Å². The molecule has 0 aromatic carbocycles. The Bertz CT molecular complexity index is 392. The van der Waals surface area contributed by atoms with E-state index in [1.54, 1.807) is 0 Å². The summed E-state index contributed by atoms with van der Waals surface area (Å²) >= 11 is 1.81. The molecule has 0 amide bonds. The highest BCUT2D eigenvalue weighted by atomic mass is 32.1. The van der Waals surface area contributed by atoms with Crippen molar-refractivity contribution in [1.82, 2.24) is 9.88 Å². The molecule has 0 radical (unpaired) electrons. The second-order valence-electron chi connectivity index (χ2n) is 5.58. The predicted molar refractivity (Wildman–Crippen MR) is 77.9 cm³/mol. The fourth-order valence-electron chi connectivity index (χ4n) is 2.94. The van der Waals surface area contributed by atoms with Gasteiger partial charge in [-0.1, -0.05) is 0 Å². The lowest BCUT2D eigenvalue weighted by atomic mass is 9.90. The molecule has 102 valence electrons. The van der Waals surface area contributed by atoms with Crippen molar-refractivity contribution >= 4 is 11.3 Å². The van der Waals surface area contributed by atoms with Crippen LogP contribution in [0.1, 0.15) is 48.3 Å². The number of likely N-dealkylation sites (tertiary alicyclic amines) is 1. The minimum atomic E-state index is 0.339. The van der Waals surface area contributed by atoms with Crippen LogP contribution in [0.4, 0.5) is 0 Å². The molecule has 2 unspecified atom stereocenters. The first-order chi connectivity index (χ1) is 8.49. The first-order valence-corrected chi connectivity index (χ1v) is 7.74. The summed E-state index contributed by atoms with van der Waals surface area (Å²) in [6.07, 6.45) is 2.45. The average Bonchev–Trinajstić information content (AvgIpc) is 2.67. The number of nitrogens with zero attached hydrogens (tertiary/aromatic N) is 2. The molecule has 3 nitrogen and oxygen atoms in total. The van der Waals surface area contributed by atoms with Gasteiger partial charge in [0.25, 0.3) is 0 Å². The summed E-state index contributed by atoms with van der Waals surface area (Å²) in [4.78, 5) is 8.62. The first-order valence-electron chi connectivity index (χ1n) is 6.92. The molecule has 4 heteroatoms. The Hall–Kier alpha value is -0.450. The molecular formula is C14H25N3S. The second kappa shape index (κ2) is 5.68. The predicted octanol–water partition coefficient (Wildman–Crippen LogP) is 2.88. The van der Waals surface area contributed by atoms with E-state index < -0.39 is 0 Å². The summed E-state index contributed by atoms with van der Waals surface area (Å²) in [5.74, 6) is 0.701. The average molecular weight is 267 g/mol. The monoisotopic (exact) mass is 267 g/mol. The third kappa shape index (κ3) is 2.92. The van der Waals surface area contributed by atoms with Crippen LogP contribution in [0.5, 0.6) is 0 Å². The zero-order valence-electron chi connectivity index (χ0n) is 11.9. The third-order valence-electron chi connectivity index (χ3n) is 4.20. The van der Waals surface area contributed by atoms with Gasteiger partial charge in [-0.15, -0.1) is 11.3 Å². The number of piperidine rings is 1. The Morgan fingerprint density at radius 2 is 1.89 bits per heavy atom. The van der Waals surface area contributed by atoms with Gasteiger partial charge in [-0.3, -0.25) is 4.90 Å². The number of thiazole rings is 1. The van der Waals surface area contributed by atoms with E-state index in [9.17, 15) is 0 Å². The highest BCUT2D eigenvalue weighted by molar-refractivity contribution is 7.11. The van der Waals surface area contributed by atoms with E-state index in [0.717, 1.165) is 13.1 Å². The van der Waals surface area contributed by atoms with Crippen molar-refractivity contribution in [2.75, 3.05) is 13.1 Å². The summed E-state index contributed by atoms with van der Waals surface area (Å²) < 4.78 is 0. The molecule has 1 aromatic rings. The molecule has 0 spiro atoms. The van der Waals surface area contributed by atoms with Crippen LogP contribution in [0, 0.1) is 19.8 Å². The molecule has 2 atom stereocenters. The summed E-state index contributed by atoms with van der Waals surface area (Å²) in [7, 11) is 0. The fourth-order valence-corrected chi connectivity index (χ4v) is 3.85. The summed E-state index contributed by atoms with van der Waals surface area (Å²) in [5, 5.41) is 1.18. The van der Waals surface area contributed by atoms with Gasteiger partial charge in [0.05, 0.1) is 16.7 Å². The number of rotatable bonds is 3. The highest BCUT2D eigenvalue weighted by Crippen LogP contribution is 2.30. The van der Waals surface area contributed by atoms with E-state index in [1.165, 1.54) is 28.4 Å². The molecule has 0 bridgehead atoms. The Balaban J connectivity index is 1.99. The van der Waals surface area contributed by atoms with Crippen LogP contribution in [0.3, 0.4) is 0 Å². The van der Waals surface area contributed by atoms with Crippen LogP contribution in [-0.4, -0.2) is 29.0 Å². The van der Waals surface area contributed by atoms with Gasteiger partial charge in [0.15, 0.2) is 0 Å². The van der Waals surface area contributed by atoms with E-state index in [1.807, 2.05) is 11.3 Å². The topological polar surface area (TPSA) is 42.2 Å². The minimum absolute atomic E-state index is 0.339. The Morgan fingerprint density at radius 1 is 1.28 bits per heavy atom. The van der Waals surface area contributed by atoms with Crippen LogP contribution < -0.4 is 5.73 Å². The summed E-state index contributed by atoms with van der Waals surface area (Å²) in [6.45, 7) is 11.0. The maximum absolute atomic E-state index is 6.00. The van der Waals surface area contributed by atoms with Gasteiger partial charge in [0.1, 0.15) is 0 Å². The molecule has 2 rings (SSSR count). The number of aryl methyl sites for hydroxylation is 2. The van der Waals surface area contributed by atoms with Gasteiger partial charge in [0, 0.05) is 10.9 Å². The van der Waals surface area contributed by atoms with Crippen LogP contribution in [0.2, 0.25) is 0 Å². The lowest BCUT2D eigenvalue weighted by molar-refractivity contribution is 0.130. The van der Waals surface area contributed by atoms with Gasteiger partial charge in [-0.25, -0.2) is 4.98 Å². The lowest BCUT2D eigenvalue weighted by Crippen LogP contribution is -2.40. The Kier molecular flexibility index (Phi) is 4.41. The van der Waals surface area contributed by atoms with Crippen LogP contribution in [0.15, 0.2) is 0 Å². The minimum Gasteiger partial charge on any atom is -0.328 e. The van der Waals surface area contributed by atoms with Crippen LogP contribution in [0.25, 0.3) is 0 Å². The fraction of sp³-hybridized carbons (Fsp3) is 0.786. The molecule has 2 heterocycles. The zero-order valence-corrected chi connectivity index (χ0v) is 12.8. The third-order valence-corrected chi connectivity index (χ3v) is 5.10. The summed E-state index contributed by atoms with van der Waals surface area (Å²) in [6, 6.07) is 0.787. The van der Waals surface area contributed by atoms with Crippen molar-refractivity contribution in [3.63, 3.8) is 0 Å². The highest BCUT2D eigenvalue weighted by Gasteiger charge is 2.27. The quantitative estimate of drug-likeness (QED) is 0.915. The smallest absolute Gasteiger partial charge is 0.0900 e. The number of nitrogens with two attached hydrogens (primary N) is 1.